The van der Waals surface area contributed by atoms with Gasteiger partial charge < -0.3 is 20.7 Å². The van der Waals surface area contributed by atoms with Crippen molar-refractivity contribution < 1.29 is 9.53 Å². The molecule has 0 fully saturated rings. The molecule has 0 saturated carbocycles. The second-order valence-corrected chi connectivity index (χ2v) is 5.91. The lowest BCUT2D eigenvalue weighted by atomic mass is 10.2. The van der Waals surface area contributed by atoms with Gasteiger partial charge in [-0.2, -0.15) is 4.98 Å². The highest BCUT2D eigenvalue weighted by molar-refractivity contribution is 5.80. The van der Waals surface area contributed by atoms with Crippen LogP contribution in [0.1, 0.15) is 5.56 Å². The third-order valence-corrected chi connectivity index (χ3v) is 3.87. The van der Waals surface area contributed by atoms with E-state index in [4.69, 9.17) is 10.5 Å². The molecule has 0 unspecified atom stereocenters. The number of anilines is 3. The molecule has 1 heterocycles. The van der Waals surface area contributed by atoms with Gasteiger partial charge in [0.1, 0.15) is 0 Å². The molecule has 0 aliphatic carbocycles. The fraction of sp³-hybridized carbons (Fsp3) is 0.150. The van der Waals surface area contributed by atoms with Crippen molar-refractivity contribution in [1.82, 2.24) is 9.97 Å². The molecule has 2 aromatic carbocycles. The normalized spacial score (nSPS) is 10.3. The van der Waals surface area contributed by atoms with E-state index in [1.54, 1.807) is 19.4 Å². The van der Waals surface area contributed by atoms with Crippen molar-refractivity contribution >= 4 is 23.2 Å². The molecule has 1 aromatic heterocycles. The summed E-state index contributed by atoms with van der Waals surface area (Å²) in [6, 6.07) is 19.3. The Labute approximate surface area is 157 Å². The molecule has 7 nitrogen and oxygen atoms in total. The van der Waals surface area contributed by atoms with Gasteiger partial charge in [0.25, 0.3) is 0 Å². The van der Waals surface area contributed by atoms with Gasteiger partial charge in [-0.3, -0.25) is 4.79 Å². The summed E-state index contributed by atoms with van der Waals surface area (Å²) in [7, 11) is 1.55. The van der Waals surface area contributed by atoms with Crippen molar-refractivity contribution in [3.63, 3.8) is 0 Å². The molecule has 3 rings (SSSR count). The number of nitrogens with two attached hydrogens (primary N) is 1. The molecule has 3 aromatic rings. The van der Waals surface area contributed by atoms with Crippen molar-refractivity contribution in [2.75, 3.05) is 23.9 Å². The second kappa shape index (κ2) is 8.66. The van der Waals surface area contributed by atoms with E-state index >= 15 is 0 Å². The summed E-state index contributed by atoms with van der Waals surface area (Å²) in [5.74, 6) is 0.513. The van der Waals surface area contributed by atoms with Crippen LogP contribution in [0.15, 0.2) is 66.9 Å². The van der Waals surface area contributed by atoms with Gasteiger partial charge in [0, 0.05) is 30.2 Å². The number of carbonyl (C=O) groups excluding carboxylic acids is 1. The Bertz CT molecular complexity index is 902. The number of aromatic nitrogens is 2. The number of hydrogen-bond acceptors (Lipinski definition) is 6. The number of benzene rings is 2. The van der Waals surface area contributed by atoms with Crippen LogP contribution in [0.2, 0.25) is 0 Å². The number of methoxy groups -OCH3 is 1. The van der Waals surface area contributed by atoms with E-state index in [0.717, 1.165) is 16.9 Å². The Kier molecular flexibility index (Phi) is 5.84. The monoisotopic (exact) mass is 363 g/mol. The predicted octanol–water partition coefficient (Wildman–Crippen LogP) is 2.72. The summed E-state index contributed by atoms with van der Waals surface area (Å²) in [4.78, 5) is 21.9. The predicted molar refractivity (Wildman–Crippen MR) is 105 cm³/mol. The van der Waals surface area contributed by atoms with E-state index in [0.29, 0.717) is 18.4 Å². The third-order valence-electron chi connectivity index (χ3n) is 3.87. The fourth-order valence-corrected chi connectivity index (χ4v) is 2.66. The second-order valence-electron chi connectivity index (χ2n) is 5.91. The lowest BCUT2D eigenvalue weighted by Crippen LogP contribution is -2.33. The number of nitrogens with one attached hydrogen (secondary N) is 1. The molecule has 0 aliphatic heterocycles. The molecular formula is C20H21N5O2. The van der Waals surface area contributed by atoms with Crippen molar-refractivity contribution in [3.8, 4) is 5.88 Å². The van der Waals surface area contributed by atoms with E-state index < -0.39 is 0 Å². The Morgan fingerprint density at radius 3 is 2.70 bits per heavy atom. The van der Waals surface area contributed by atoms with Gasteiger partial charge in [-0.15, -0.1) is 0 Å². The van der Waals surface area contributed by atoms with Crippen LogP contribution in [0, 0.1) is 0 Å². The molecule has 0 bridgehead atoms. The van der Waals surface area contributed by atoms with Crippen LogP contribution in [0.4, 0.5) is 17.3 Å². The van der Waals surface area contributed by atoms with E-state index in [2.05, 4.69) is 15.3 Å². The number of rotatable bonds is 8. The first kappa shape index (κ1) is 18.2. The largest absolute Gasteiger partial charge is 0.481 e. The Hall–Kier alpha value is -3.61. The van der Waals surface area contributed by atoms with Crippen LogP contribution in [0.5, 0.6) is 5.88 Å². The quantitative estimate of drug-likeness (QED) is 0.639. The Morgan fingerprint density at radius 1 is 1.15 bits per heavy atom. The summed E-state index contributed by atoms with van der Waals surface area (Å²) in [5, 5.41) is 3.15. The molecule has 0 atom stereocenters. The van der Waals surface area contributed by atoms with Gasteiger partial charge in [0.2, 0.25) is 17.7 Å². The number of primary amides is 1. The van der Waals surface area contributed by atoms with Crippen LogP contribution < -0.4 is 20.7 Å². The maximum atomic E-state index is 11.6. The van der Waals surface area contributed by atoms with E-state index in [-0.39, 0.29) is 12.5 Å². The van der Waals surface area contributed by atoms with Crippen LogP contribution in [-0.4, -0.2) is 29.5 Å². The van der Waals surface area contributed by atoms with Crippen LogP contribution in [0.25, 0.3) is 0 Å². The average molecular weight is 363 g/mol. The van der Waals surface area contributed by atoms with Crippen LogP contribution in [0.3, 0.4) is 0 Å². The summed E-state index contributed by atoms with van der Waals surface area (Å²) in [6.45, 7) is 0.691. The minimum Gasteiger partial charge on any atom is -0.481 e. The molecule has 0 aliphatic rings. The smallest absolute Gasteiger partial charge is 0.236 e. The number of carbonyl (C=O) groups is 1. The van der Waals surface area contributed by atoms with E-state index in [1.165, 1.54) is 0 Å². The van der Waals surface area contributed by atoms with Crippen LogP contribution >= 0.6 is 0 Å². The van der Waals surface area contributed by atoms with E-state index in [9.17, 15) is 4.79 Å². The number of nitrogens with zero attached hydrogens (tertiary/aromatic N) is 3. The first-order valence-electron chi connectivity index (χ1n) is 8.45. The average Bonchev–Trinajstić information content (AvgIpc) is 2.68. The maximum absolute atomic E-state index is 11.6. The van der Waals surface area contributed by atoms with Gasteiger partial charge in [-0.1, -0.05) is 36.4 Å². The zero-order valence-corrected chi connectivity index (χ0v) is 15.0. The lowest BCUT2D eigenvalue weighted by Gasteiger charge is -2.24. The molecule has 0 saturated heterocycles. The summed E-state index contributed by atoms with van der Waals surface area (Å²) < 4.78 is 5.11. The highest BCUT2D eigenvalue weighted by Gasteiger charge is 2.11. The lowest BCUT2D eigenvalue weighted by molar-refractivity contribution is -0.116. The molecule has 3 N–H and O–H groups in total. The van der Waals surface area contributed by atoms with Crippen molar-refractivity contribution in [2.24, 2.45) is 5.73 Å². The zero-order chi connectivity index (χ0) is 19.1. The van der Waals surface area contributed by atoms with E-state index in [1.807, 2.05) is 59.5 Å². The molecule has 1 amide bonds. The summed E-state index contributed by atoms with van der Waals surface area (Å²) >= 11 is 0. The highest BCUT2D eigenvalue weighted by atomic mass is 16.5. The first-order valence-corrected chi connectivity index (χ1v) is 8.45. The summed E-state index contributed by atoms with van der Waals surface area (Å²) in [5.41, 5.74) is 8.20. The van der Waals surface area contributed by atoms with Gasteiger partial charge in [-0.25, -0.2) is 4.98 Å². The topological polar surface area (TPSA) is 93.4 Å². The number of ether oxygens (including phenoxy) is 1. The van der Waals surface area contributed by atoms with Gasteiger partial charge >= 0.3 is 0 Å². The van der Waals surface area contributed by atoms with Crippen LogP contribution in [-0.2, 0) is 11.3 Å². The molecule has 0 radical (unpaired) electrons. The van der Waals surface area contributed by atoms with Gasteiger partial charge in [-0.05, 0) is 23.8 Å². The van der Waals surface area contributed by atoms with Crippen molar-refractivity contribution in [2.45, 2.75) is 6.54 Å². The third kappa shape index (κ3) is 5.18. The molecule has 138 valence electrons. The molecular weight excluding hydrogens is 342 g/mol. The molecule has 7 heteroatoms. The standard InChI is InChI=1S/C20H21N5O2/c1-27-19-10-11-22-20(24-19)23-16-8-5-9-17(12-16)25(14-18(21)26)13-15-6-3-2-4-7-15/h2-12H,13-14H2,1H3,(H2,21,26)(H,22,23,24). The Balaban J connectivity index is 1.82. The minimum absolute atomic E-state index is 0.119. The number of amides is 1. The summed E-state index contributed by atoms with van der Waals surface area (Å²) in [6.07, 6.45) is 1.62. The van der Waals surface area contributed by atoms with Crippen molar-refractivity contribution in [1.29, 1.82) is 0 Å². The molecule has 27 heavy (non-hydrogen) atoms. The SMILES string of the molecule is COc1ccnc(Nc2cccc(N(CC(N)=O)Cc3ccccc3)c2)n1. The van der Waals surface area contributed by atoms with Gasteiger partial charge in [0.05, 0.1) is 13.7 Å². The minimum atomic E-state index is -0.388. The number of hydrogen-bond donors (Lipinski definition) is 2. The fourth-order valence-electron chi connectivity index (χ4n) is 2.66. The zero-order valence-electron chi connectivity index (χ0n) is 15.0. The van der Waals surface area contributed by atoms with Crippen molar-refractivity contribution in [3.05, 3.63) is 72.4 Å². The Morgan fingerprint density at radius 2 is 1.96 bits per heavy atom. The maximum Gasteiger partial charge on any atom is 0.236 e. The molecule has 0 spiro atoms. The van der Waals surface area contributed by atoms with Gasteiger partial charge in [0.15, 0.2) is 0 Å². The first-order chi connectivity index (χ1) is 13.1. The highest BCUT2D eigenvalue weighted by Crippen LogP contribution is 2.23.